The minimum Gasteiger partial charge on any atom is -0.422 e. The van der Waals surface area contributed by atoms with Crippen LogP contribution in [-0.2, 0) is 6.42 Å². The highest BCUT2D eigenvalue weighted by Gasteiger charge is 2.32. The summed E-state index contributed by atoms with van der Waals surface area (Å²) in [6.45, 7) is 1.58. The van der Waals surface area contributed by atoms with Crippen LogP contribution in [0.25, 0.3) is 10.6 Å². The van der Waals surface area contributed by atoms with E-state index in [9.17, 15) is 9.90 Å². The summed E-state index contributed by atoms with van der Waals surface area (Å²) in [6, 6.07) is 5.62. The number of carbonyl (C=O) groups excluding carboxylic acids is 1. The van der Waals surface area contributed by atoms with Crippen molar-refractivity contribution in [3.63, 3.8) is 0 Å². The Morgan fingerprint density at radius 2 is 2.31 bits per heavy atom. The molecule has 0 bridgehead atoms. The smallest absolute Gasteiger partial charge is 0.290 e. The van der Waals surface area contributed by atoms with Crippen LogP contribution >= 0.6 is 11.3 Å². The van der Waals surface area contributed by atoms with E-state index >= 15 is 0 Å². The number of aliphatic hydroxyl groups is 1. The van der Waals surface area contributed by atoms with Gasteiger partial charge in [-0.2, -0.15) is 0 Å². The molecule has 1 fully saturated rings. The summed E-state index contributed by atoms with van der Waals surface area (Å²) < 4.78 is 10.5. The van der Waals surface area contributed by atoms with Crippen LogP contribution in [0.3, 0.4) is 0 Å². The number of nitrogens with zero attached hydrogens (tertiary/aromatic N) is 3. The average Bonchev–Trinajstić information content (AvgIpc) is 3.32. The van der Waals surface area contributed by atoms with Gasteiger partial charge in [0.05, 0.1) is 4.88 Å². The number of amides is 1. The third-order valence-electron chi connectivity index (χ3n) is 4.38. The third-order valence-corrected chi connectivity index (χ3v) is 5.27. The van der Waals surface area contributed by atoms with Crippen LogP contribution in [0.2, 0.25) is 0 Å². The van der Waals surface area contributed by atoms with E-state index in [1.807, 2.05) is 17.5 Å². The fourth-order valence-corrected chi connectivity index (χ4v) is 3.64. The molecule has 1 amide bonds. The fourth-order valence-electron chi connectivity index (χ4n) is 2.96. The molecule has 4 rings (SSSR count). The largest absolute Gasteiger partial charge is 0.422 e. The standard InChI is InChI=1S/C17H18N4O4S/c1-9(22)17-20-19-15(24-17)7-10-5-11(6-10)18-16(23)13-8-12(21-25-13)14-3-2-4-26-14/h2-4,8-11,22H,5-7H2,1H3,(H,18,23). The van der Waals surface area contributed by atoms with Crippen molar-refractivity contribution in [3.05, 3.63) is 41.1 Å². The Hall–Kier alpha value is -2.52. The maximum absolute atomic E-state index is 12.3. The van der Waals surface area contributed by atoms with Gasteiger partial charge in [-0.15, -0.1) is 21.5 Å². The Morgan fingerprint density at radius 3 is 3.00 bits per heavy atom. The predicted octanol–water partition coefficient (Wildman–Crippen LogP) is 2.59. The van der Waals surface area contributed by atoms with Crippen LogP contribution < -0.4 is 5.32 Å². The Morgan fingerprint density at radius 1 is 1.46 bits per heavy atom. The second kappa shape index (κ2) is 7.00. The van der Waals surface area contributed by atoms with E-state index in [0.29, 0.717) is 23.9 Å². The van der Waals surface area contributed by atoms with E-state index in [-0.39, 0.29) is 23.6 Å². The lowest BCUT2D eigenvalue weighted by molar-refractivity contribution is 0.0848. The van der Waals surface area contributed by atoms with Crippen LogP contribution in [0.4, 0.5) is 0 Å². The monoisotopic (exact) mass is 374 g/mol. The topological polar surface area (TPSA) is 114 Å². The van der Waals surface area contributed by atoms with E-state index in [1.54, 1.807) is 24.3 Å². The van der Waals surface area contributed by atoms with E-state index in [4.69, 9.17) is 8.94 Å². The van der Waals surface area contributed by atoms with E-state index < -0.39 is 6.10 Å². The lowest BCUT2D eigenvalue weighted by atomic mass is 9.78. The summed E-state index contributed by atoms with van der Waals surface area (Å²) in [7, 11) is 0. The summed E-state index contributed by atoms with van der Waals surface area (Å²) in [6.07, 6.45) is 1.57. The molecular weight excluding hydrogens is 356 g/mol. The normalized spacial score (nSPS) is 20.5. The predicted molar refractivity (Wildman–Crippen MR) is 92.4 cm³/mol. The number of rotatable bonds is 6. The number of aliphatic hydroxyl groups excluding tert-OH is 1. The first kappa shape index (κ1) is 16.9. The summed E-state index contributed by atoms with van der Waals surface area (Å²) in [5, 5.41) is 26.0. The lowest BCUT2D eigenvalue weighted by Gasteiger charge is -2.34. The van der Waals surface area contributed by atoms with Gasteiger partial charge in [0.15, 0.2) is 0 Å². The molecule has 1 atom stereocenters. The van der Waals surface area contributed by atoms with Crippen molar-refractivity contribution in [1.29, 1.82) is 0 Å². The van der Waals surface area contributed by atoms with Gasteiger partial charge in [0.1, 0.15) is 11.8 Å². The number of thiophene rings is 1. The zero-order valence-corrected chi connectivity index (χ0v) is 14.9. The molecule has 3 aromatic heterocycles. The summed E-state index contributed by atoms with van der Waals surface area (Å²) in [4.78, 5) is 13.2. The Kier molecular flexibility index (Phi) is 4.56. The molecule has 0 spiro atoms. The summed E-state index contributed by atoms with van der Waals surface area (Å²) in [5.41, 5.74) is 0.668. The summed E-state index contributed by atoms with van der Waals surface area (Å²) in [5.74, 6) is 1.09. The van der Waals surface area contributed by atoms with Gasteiger partial charge >= 0.3 is 0 Å². The first-order valence-electron chi connectivity index (χ1n) is 8.40. The van der Waals surface area contributed by atoms with Gasteiger partial charge in [0.2, 0.25) is 17.5 Å². The van der Waals surface area contributed by atoms with Crippen molar-refractivity contribution in [3.8, 4) is 10.6 Å². The van der Waals surface area contributed by atoms with Crippen LogP contribution in [0.1, 0.15) is 48.2 Å². The molecule has 1 aliphatic carbocycles. The molecule has 0 radical (unpaired) electrons. The van der Waals surface area contributed by atoms with E-state index in [1.165, 1.54) is 0 Å². The molecule has 0 aromatic carbocycles. The highest BCUT2D eigenvalue weighted by atomic mass is 32.1. The van der Waals surface area contributed by atoms with Gasteiger partial charge < -0.3 is 19.4 Å². The maximum Gasteiger partial charge on any atom is 0.290 e. The molecular formula is C17H18N4O4S. The number of aromatic nitrogens is 3. The zero-order valence-electron chi connectivity index (χ0n) is 14.1. The molecule has 26 heavy (non-hydrogen) atoms. The highest BCUT2D eigenvalue weighted by Crippen LogP contribution is 2.31. The van der Waals surface area contributed by atoms with Crippen molar-refractivity contribution in [1.82, 2.24) is 20.7 Å². The maximum atomic E-state index is 12.3. The molecule has 0 saturated heterocycles. The molecule has 1 aliphatic rings. The second-order valence-corrected chi connectivity index (χ2v) is 7.42. The zero-order chi connectivity index (χ0) is 18.1. The fraction of sp³-hybridized carbons (Fsp3) is 0.412. The number of carbonyl (C=O) groups is 1. The van der Waals surface area contributed by atoms with Gasteiger partial charge in [0, 0.05) is 18.5 Å². The molecule has 9 heteroatoms. The average molecular weight is 374 g/mol. The van der Waals surface area contributed by atoms with Crippen molar-refractivity contribution in [2.24, 2.45) is 5.92 Å². The highest BCUT2D eigenvalue weighted by molar-refractivity contribution is 7.13. The number of nitrogens with one attached hydrogen (secondary N) is 1. The minimum atomic E-state index is -0.759. The van der Waals surface area contributed by atoms with Crippen molar-refractivity contribution in [2.75, 3.05) is 0 Å². The Balaban J connectivity index is 1.26. The second-order valence-electron chi connectivity index (χ2n) is 6.48. The van der Waals surface area contributed by atoms with Crippen molar-refractivity contribution in [2.45, 2.75) is 38.3 Å². The first-order valence-corrected chi connectivity index (χ1v) is 9.28. The minimum absolute atomic E-state index is 0.0990. The van der Waals surface area contributed by atoms with Crippen LogP contribution in [-0.4, -0.2) is 32.4 Å². The lowest BCUT2D eigenvalue weighted by Crippen LogP contribution is -2.44. The molecule has 0 aliphatic heterocycles. The molecule has 3 heterocycles. The van der Waals surface area contributed by atoms with Crippen LogP contribution in [0.15, 0.2) is 32.5 Å². The Labute approximate surface area is 153 Å². The van der Waals surface area contributed by atoms with Gasteiger partial charge in [-0.1, -0.05) is 11.2 Å². The van der Waals surface area contributed by atoms with Gasteiger partial charge in [0.25, 0.3) is 5.91 Å². The van der Waals surface area contributed by atoms with E-state index in [2.05, 4.69) is 20.7 Å². The van der Waals surface area contributed by atoms with E-state index in [0.717, 1.165) is 17.7 Å². The molecule has 2 N–H and O–H groups in total. The quantitative estimate of drug-likeness (QED) is 0.681. The Bertz CT molecular complexity index is 880. The van der Waals surface area contributed by atoms with Crippen molar-refractivity contribution < 1.29 is 18.8 Å². The first-order chi connectivity index (χ1) is 12.6. The molecule has 8 nitrogen and oxygen atoms in total. The number of hydrogen-bond acceptors (Lipinski definition) is 8. The van der Waals surface area contributed by atoms with Gasteiger partial charge in [-0.05, 0) is 37.1 Å². The van der Waals surface area contributed by atoms with Crippen LogP contribution in [0.5, 0.6) is 0 Å². The van der Waals surface area contributed by atoms with Crippen LogP contribution in [0, 0.1) is 5.92 Å². The molecule has 136 valence electrons. The summed E-state index contributed by atoms with van der Waals surface area (Å²) >= 11 is 1.55. The third kappa shape index (κ3) is 3.54. The number of hydrogen-bond donors (Lipinski definition) is 2. The van der Waals surface area contributed by atoms with Gasteiger partial charge in [-0.25, -0.2) is 0 Å². The SMILES string of the molecule is CC(O)c1nnc(CC2CC(NC(=O)c3cc(-c4cccs4)no3)C2)o1. The molecule has 1 saturated carbocycles. The molecule has 3 aromatic rings. The molecule has 1 unspecified atom stereocenters. The van der Waals surface area contributed by atoms with Gasteiger partial charge in [-0.3, -0.25) is 4.79 Å². The van der Waals surface area contributed by atoms with Crippen molar-refractivity contribution >= 4 is 17.2 Å².